The molecular weight excluding hydrogens is 168 g/mol. The summed E-state index contributed by atoms with van der Waals surface area (Å²) >= 11 is 0. The summed E-state index contributed by atoms with van der Waals surface area (Å²) in [5, 5.41) is 10.1. The normalized spacial score (nSPS) is 10.0. The summed E-state index contributed by atoms with van der Waals surface area (Å²) in [4.78, 5) is 11.0. The van der Waals surface area contributed by atoms with E-state index in [9.17, 15) is 9.90 Å². The Bertz CT molecular complexity index is 123. The molecule has 77 valence electrons. The van der Waals surface area contributed by atoms with Gasteiger partial charge in [-0.2, -0.15) is 0 Å². The molecule has 0 amide bonds. The number of ether oxygens (including phenoxy) is 1. The Morgan fingerprint density at radius 3 is 2.54 bits per heavy atom. The molecule has 3 heteroatoms. The van der Waals surface area contributed by atoms with Crippen molar-refractivity contribution in [2.75, 3.05) is 13.2 Å². The first-order valence-corrected chi connectivity index (χ1v) is 5.05. The van der Waals surface area contributed by atoms with Gasteiger partial charge in [0.05, 0.1) is 13.2 Å². The van der Waals surface area contributed by atoms with Gasteiger partial charge in [-0.1, -0.05) is 19.8 Å². The van der Waals surface area contributed by atoms with Crippen molar-refractivity contribution in [3.63, 3.8) is 0 Å². The van der Waals surface area contributed by atoms with E-state index in [0.29, 0.717) is 19.4 Å². The highest BCUT2D eigenvalue weighted by Crippen LogP contribution is 2.01. The fraction of sp³-hybridized carbons (Fsp3) is 0.900. The lowest BCUT2D eigenvalue weighted by atomic mass is 10.2. The minimum atomic E-state index is -0.126. The molecule has 0 saturated heterocycles. The molecule has 13 heavy (non-hydrogen) atoms. The number of esters is 1. The molecule has 0 aromatic heterocycles. The third-order valence-corrected chi connectivity index (χ3v) is 1.79. The van der Waals surface area contributed by atoms with Gasteiger partial charge in [0.1, 0.15) is 0 Å². The Hall–Kier alpha value is -0.570. The van der Waals surface area contributed by atoms with Gasteiger partial charge in [-0.25, -0.2) is 5.11 Å². The second-order valence-electron chi connectivity index (χ2n) is 3.09. The Kier molecular flexibility index (Phi) is 9.10. The highest BCUT2D eigenvalue weighted by atomic mass is 16.5. The van der Waals surface area contributed by atoms with Crippen LogP contribution in [-0.2, 0) is 14.6 Å². The highest BCUT2D eigenvalue weighted by Gasteiger charge is 2.01. The van der Waals surface area contributed by atoms with Gasteiger partial charge in [0.2, 0.25) is 0 Å². The third-order valence-electron chi connectivity index (χ3n) is 1.79. The summed E-state index contributed by atoms with van der Waals surface area (Å²) < 4.78 is 4.95. The van der Waals surface area contributed by atoms with Crippen LogP contribution in [0.15, 0.2) is 0 Å². The van der Waals surface area contributed by atoms with Gasteiger partial charge in [-0.05, 0) is 19.3 Å². The zero-order valence-electron chi connectivity index (χ0n) is 8.38. The molecule has 0 aliphatic rings. The lowest BCUT2D eigenvalue weighted by Crippen LogP contribution is -2.05. The van der Waals surface area contributed by atoms with E-state index < -0.39 is 0 Å². The maximum atomic E-state index is 11.0. The Labute approximate surface area is 80.1 Å². The molecule has 0 bridgehead atoms. The predicted octanol–water partition coefficient (Wildman–Crippen LogP) is 2.32. The van der Waals surface area contributed by atoms with Crippen LogP contribution in [0.4, 0.5) is 0 Å². The summed E-state index contributed by atoms with van der Waals surface area (Å²) in [7, 11) is 0. The summed E-state index contributed by atoms with van der Waals surface area (Å²) in [6.45, 7) is 2.56. The first kappa shape index (κ1) is 12.4. The van der Waals surface area contributed by atoms with Crippen LogP contribution in [0.2, 0.25) is 0 Å². The molecule has 0 aliphatic heterocycles. The fourth-order valence-corrected chi connectivity index (χ4v) is 0.951. The monoisotopic (exact) mass is 187 g/mol. The van der Waals surface area contributed by atoms with Crippen molar-refractivity contribution >= 4 is 5.97 Å². The minimum absolute atomic E-state index is 0.0368. The van der Waals surface area contributed by atoms with Crippen LogP contribution in [0.25, 0.3) is 0 Å². The lowest BCUT2D eigenvalue weighted by Gasteiger charge is -2.02. The molecule has 0 rings (SSSR count). The Balaban J connectivity index is 3.11. The summed E-state index contributed by atoms with van der Waals surface area (Å²) in [5.41, 5.74) is 0. The van der Waals surface area contributed by atoms with E-state index in [0.717, 1.165) is 25.7 Å². The zero-order chi connectivity index (χ0) is 9.94. The van der Waals surface area contributed by atoms with Crippen molar-refractivity contribution in [1.29, 1.82) is 0 Å². The van der Waals surface area contributed by atoms with E-state index in [2.05, 4.69) is 6.92 Å². The van der Waals surface area contributed by atoms with Crippen LogP contribution >= 0.6 is 0 Å². The van der Waals surface area contributed by atoms with E-state index in [4.69, 9.17) is 4.74 Å². The average Bonchev–Trinajstić information content (AvgIpc) is 2.13. The predicted molar refractivity (Wildman–Crippen MR) is 49.9 cm³/mol. The number of carbonyl (C=O) groups is 1. The molecule has 0 aromatic carbocycles. The van der Waals surface area contributed by atoms with Crippen LogP contribution < -0.4 is 0 Å². The first-order valence-electron chi connectivity index (χ1n) is 5.05. The molecule has 0 heterocycles. The standard InChI is InChI=1S/C10H19O3/c1-2-3-9-13-10(12)7-5-4-6-8-11/h2-9H2,1H3. The molecule has 0 saturated carbocycles. The van der Waals surface area contributed by atoms with Gasteiger partial charge in [-0.15, -0.1) is 0 Å². The molecule has 0 N–H and O–H groups in total. The molecule has 0 spiro atoms. The topological polar surface area (TPSA) is 46.2 Å². The first-order chi connectivity index (χ1) is 6.31. The van der Waals surface area contributed by atoms with Crippen molar-refractivity contribution in [3.05, 3.63) is 0 Å². The fourth-order valence-electron chi connectivity index (χ4n) is 0.951. The van der Waals surface area contributed by atoms with Crippen molar-refractivity contribution in [1.82, 2.24) is 0 Å². The summed E-state index contributed by atoms with van der Waals surface area (Å²) in [5.74, 6) is -0.126. The van der Waals surface area contributed by atoms with E-state index in [1.54, 1.807) is 0 Å². The van der Waals surface area contributed by atoms with Gasteiger partial charge < -0.3 is 4.74 Å². The molecule has 0 aromatic rings. The van der Waals surface area contributed by atoms with Crippen molar-refractivity contribution < 1.29 is 14.6 Å². The summed E-state index contributed by atoms with van der Waals surface area (Å²) in [6.07, 6.45) is 4.74. The zero-order valence-corrected chi connectivity index (χ0v) is 8.38. The molecular formula is C10H19O3. The van der Waals surface area contributed by atoms with E-state index in [-0.39, 0.29) is 12.6 Å². The van der Waals surface area contributed by atoms with Crippen LogP contribution in [0, 0.1) is 0 Å². The maximum Gasteiger partial charge on any atom is 0.305 e. The van der Waals surface area contributed by atoms with Crippen LogP contribution in [-0.4, -0.2) is 19.2 Å². The van der Waals surface area contributed by atoms with Gasteiger partial charge >= 0.3 is 5.97 Å². The van der Waals surface area contributed by atoms with Gasteiger partial charge in [0, 0.05) is 6.42 Å². The molecule has 3 nitrogen and oxygen atoms in total. The Morgan fingerprint density at radius 2 is 1.92 bits per heavy atom. The highest BCUT2D eigenvalue weighted by molar-refractivity contribution is 5.69. The quantitative estimate of drug-likeness (QED) is 0.432. The third kappa shape index (κ3) is 9.34. The largest absolute Gasteiger partial charge is 0.466 e. The van der Waals surface area contributed by atoms with Gasteiger partial charge in [0.25, 0.3) is 0 Å². The van der Waals surface area contributed by atoms with E-state index >= 15 is 0 Å². The second-order valence-corrected chi connectivity index (χ2v) is 3.09. The lowest BCUT2D eigenvalue weighted by molar-refractivity contribution is -0.143. The molecule has 0 atom stereocenters. The van der Waals surface area contributed by atoms with E-state index in [1.165, 1.54) is 0 Å². The van der Waals surface area contributed by atoms with Crippen molar-refractivity contribution in [2.45, 2.75) is 45.4 Å². The maximum absolute atomic E-state index is 11.0. The number of carbonyl (C=O) groups excluding carboxylic acids is 1. The van der Waals surface area contributed by atoms with Gasteiger partial charge in [0.15, 0.2) is 0 Å². The SMILES string of the molecule is CCCCOC(=O)CCCCC[O]. The number of hydrogen-bond donors (Lipinski definition) is 0. The smallest absolute Gasteiger partial charge is 0.305 e. The van der Waals surface area contributed by atoms with Crippen LogP contribution in [0.5, 0.6) is 0 Å². The van der Waals surface area contributed by atoms with Crippen LogP contribution in [0.1, 0.15) is 45.4 Å². The van der Waals surface area contributed by atoms with E-state index in [1.807, 2.05) is 0 Å². The van der Waals surface area contributed by atoms with Crippen LogP contribution in [0.3, 0.4) is 0 Å². The number of hydrogen-bond acceptors (Lipinski definition) is 2. The molecule has 0 fully saturated rings. The second kappa shape index (κ2) is 9.52. The minimum Gasteiger partial charge on any atom is -0.466 e. The number of rotatable bonds is 8. The average molecular weight is 187 g/mol. The Morgan fingerprint density at radius 1 is 1.15 bits per heavy atom. The summed E-state index contributed by atoms with van der Waals surface area (Å²) in [6, 6.07) is 0. The number of unbranched alkanes of at least 4 members (excludes halogenated alkanes) is 3. The molecule has 0 unspecified atom stereocenters. The molecule has 0 aliphatic carbocycles. The van der Waals surface area contributed by atoms with Gasteiger partial charge in [-0.3, -0.25) is 4.79 Å². The van der Waals surface area contributed by atoms with Crippen molar-refractivity contribution in [3.8, 4) is 0 Å². The van der Waals surface area contributed by atoms with Crippen molar-refractivity contribution in [2.24, 2.45) is 0 Å². The molecule has 1 radical (unpaired) electrons.